The van der Waals surface area contributed by atoms with E-state index >= 15 is 0 Å². The normalized spacial score (nSPS) is 14.5. The Balaban J connectivity index is 2.58. The summed E-state index contributed by atoms with van der Waals surface area (Å²) in [6.45, 7) is 8.09. The molecule has 0 aliphatic heterocycles. The number of amides is 1. The number of carbonyl (C=O) groups is 1. The summed E-state index contributed by atoms with van der Waals surface area (Å²) in [5.74, 6) is 0.658. The average molecular weight is 315 g/mol. The lowest BCUT2D eigenvalue weighted by Crippen LogP contribution is -2.34. The quantitative estimate of drug-likeness (QED) is 0.873. The number of rotatable bonds is 6. The van der Waals surface area contributed by atoms with E-state index in [0.29, 0.717) is 5.75 Å². The fourth-order valence-corrected chi connectivity index (χ4v) is 2.41. The highest BCUT2D eigenvalue weighted by Gasteiger charge is 2.19. The summed E-state index contributed by atoms with van der Waals surface area (Å²) in [4.78, 5) is 15.9. The van der Waals surface area contributed by atoms with Crippen LogP contribution in [0.15, 0.2) is 12.5 Å². The van der Waals surface area contributed by atoms with Crippen molar-refractivity contribution in [2.75, 3.05) is 12.0 Å². The molecule has 1 aromatic heterocycles. The fraction of sp³-hybridized carbons (Fsp3) is 0.714. The molecule has 2 atom stereocenters. The van der Waals surface area contributed by atoms with E-state index in [1.165, 1.54) is 0 Å². The maximum atomic E-state index is 11.8. The van der Waals surface area contributed by atoms with E-state index in [2.05, 4.69) is 10.3 Å². The second-order valence-electron chi connectivity index (χ2n) is 6.01. The number of aryl methyl sites for hydroxylation is 1. The summed E-state index contributed by atoms with van der Waals surface area (Å²) in [5.41, 5.74) is 0.387. The molecule has 0 spiro atoms. The lowest BCUT2D eigenvalue weighted by Gasteiger charge is -2.22. The van der Waals surface area contributed by atoms with Crippen molar-refractivity contribution in [1.29, 1.82) is 0 Å². The molecule has 0 aliphatic rings. The third-order valence-corrected chi connectivity index (χ3v) is 3.62. The van der Waals surface area contributed by atoms with Crippen molar-refractivity contribution in [3.63, 3.8) is 0 Å². The molecule has 1 rings (SSSR count). The van der Waals surface area contributed by atoms with E-state index in [0.717, 1.165) is 18.7 Å². The fourth-order valence-electron chi connectivity index (χ4n) is 1.87. The number of ether oxygens (including phenoxy) is 1. The van der Waals surface area contributed by atoms with Gasteiger partial charge in [-0.25, -0.2) is 9.78 Å². The van der Waals surface area contributed by atoms with E-state index in [9.17, 15) is 9.00 Å². The summed E-state index contributed by atoms with van der Waals surface area (Å²) in [6, 6.07) is -0.200. The van der Waals surface area contributed by atoms with Gasteiger partial charge in [-0.3, -0.25) is 4.21 Å². The summed E-state index contributed by atoms with van der Waals surface area (Å²) in [6.07, 6.45) is 5.51. The topological polar surface area (TPSA) is 73.2 Å². The van der Waals surface area contributed by atoms with Crippen LogP contribution >= 0.6 is 0 Å². The Labute approximate surface area is 128 Å². The van der Waals surface area contributed by atoms with Crippen molar-refractivity contribution in [2.24, 2.45) is 0 Å². The summed E-state index contributed by atoms with van der Waals surface area (Å²) < 4.78 is 18.3. The smallest absolute Gasteiger partial charge is 0.408 e. The Morgan fingerprint density at radius 2 is 2.19 bits per heavy atom. The van der Waals surface area contributed by atoms with Crippen molar-refractivity contribution in [2.45, 2.75) is 52.3 Å². The molecule has 1 aromatic rings. The number of carbonyl (C=O) groups excluding carboxylic acids is 1. The molecule has 0 radical (unpaired) electrons. The van der Waals surface area contributed by atoms with Gasteiger partial charge in [0, 0.05) is 29.4 Å². The minimum absolute atomic E-state index is 0.200. The Bertz CT molecular complexity index is 494. The van der Waals surface area contributed by atoms with E-state index in [4.69, 9.17) is 4.74 Å². The monoisotopic (exact) mass is 315 g/mol. The number of hydrogen-bond acceptors (Lipinski definition) is 4. The van der Waals surface area contributed by atoms with Gasteiger partial charge < -0.3 is 14.6 Å². The number of aromatic nitrogens is 2. The van der Waals surface area contributed by atoms with Crippen molar-refractivity contribution >= 4 is 16.9 Å². The number of nitrogens with one attached hydrogen (secondary N) is 1. The molecule has 0 aromatic carbocycles. The van der Waals surface area contributed by atoms with Gasteiger partial charge >= 0.3 is 6.09 Å². The van der Waals surface area contributed by atoms with Gasteiger partial charge in [0.05, 0.1) is 24.3 Å². The Morgan fingerprint density at radius 1 is 1.52 bits per heavy atom. The highest BCUT2D eigenvalue weighted by Crippen LogP contribution is 2.14. The molecule has 0 aliphatic carbocycles. The average Bonchev–Trinajstić information content (AvgIpc) is 2.73. The van der Waals surface area contributed by atoms with Crippen LogP contribution in [0.3, 0.4) is 0 Å². The largest absolute Gasteiger partial charge is 0.444 e. The lowest BCUT2D eigenvalue weighted by atomic mass is 10.2. The van der Waals surface area contributed by atoms with Gasteiger partial charge in [-0.1, -0.05) is 0 Å². The SMILES string of the molecule is C[C@@H](NC(=O)OC(C)(C)C)c1cncn1CCCS(C)=O. The first-order valence-electron chi connectivity index (χ1n) is 6.98. The van der Waals surface area contributed by atoms with E-state index in [-0.39, 0.29) is 6.04 Å². The van der Waals surface area contributed by atoms with Gasteiger partial charge in [0.2, 0.25) is 0 Å². The third kappa shape index (κ3) is 6.75. The van der Waals surface area contributed by atoms with Gasteiger partial charge in [0.25, 0.3) is 0 Å². The molecule has 1 N–H and O–H groups in total. The number of hydrogen-bond donors (Lipinski definition) is 1. The Morgan fingerprint density at radius 3 is 2.76 bits per heavy atom. The number of nitrogens with zero attached hydrogens (tertiary/aromatic N) is 2. The molecule has 0 saturated heterocycles. The van der Waals surface area contributed by atoms with Gasteiger partial charge in [-0.05, 0) is 34.1 Å². The van der Waals surface area contributed by atoms with Crippen LogP contribution in [0.5, 0.6) is 0 Å². The van der Waals surface area contributed by atoms with Crippen LogP contribution in [0.4, 0.5) is 4.79 Å². The van der Waals surface area contributed by atoms with Crippen molar-refractivity contribution in [3.05, 3.63) is 18.2 Å². The second-order valence-corrected chi connectivity index (χ2v) is 7.57. The molecular formula is C14H25N3O3S. The van der Waals surface area contributed by atoms with Crippen LogP contribution in [-0.2, 0) is 22.1 Å². The summed E-state index contributed by atoms with van der Waals surface area (Å²) in [5, 5.41) is 2.80. The molecule has 0 fully saturated rings. The van der Waals surface area contributed by atoms with Crippen LogP contribution in [0.2, 0.25) is 0 Å². The standard InChI is InChI=1S/C14H25N3O3S/c1-11(16-13(18)20-14(2,3)4)12-9-15-10-17(12)7-6-8-21(5)19/h9-11H,6-8H2,1-5H3,(H,16,18)/t11-,21?/m1/s1. The highest BCUT2D eigenvalue weighted by molar-refractivity contribution is 7.84. The van der Waals surface area contributed by atoms with E-state index < -0.39 is 22.5 Å². The van der Waals surface area contributed by atoms with Gasteiger partial charge in [0.1, 0.15) is 5.60 Å². The predicted octanol–water partition coefficient (Wildman–Crippen LogP) is 2.24. The van der Waals surface area contributed by atoms with Crippen LogP contribution in [-0.4, -0.2) is 37.5 Å². The van der Waals surface area contributed by atoms with Gasteiger partial charge in [-0.2, -0.15) is 0 Å². The second kappa shape index (κ2) is 7.59. The number of imidazole rings is 1. The van der Waals surface area contributed by atoms with Gasteiger partial charge in [0.15, 0.2) is 0 Å². The molecule has 1 unspecified atom stereocenters. The molecule has 21 heavy (non-hydrogen) atoms. The predicted molar refractivity (Wildman–Crippen MR) is 83.6 cm³/mol. The molecule has 0 bridgehead atoms. The van der Waals surface area contributed by atoms with Crippen LogP contribution in [0.25, 0.3) is 0 Å². The van der Waals surface area contributed by atoms with Crippen molar-refractivity contribution < 1.29 is 13.7 Å². The van der Waals surface area contributed by atoms with Crippen LogP contribution in [0, 0.1) is 0 Å². The Kier molecular flexibility index (Phi) is 6.39. The third-order valence-electron chi connectivity index (χ3n) is 2.75. The Hall–Kier alpha value is -1.37. The first-order valence-corrected chi connectivity index (χ1v) is 8.71. The molecule has 7 heteroatoms. The first-order chi connectivity index (χ1) is 9.69. The van der Waals surface area contributed by atoms with Gasteiger partial charge in [-0.15, -0.1) is 0 Å². The lowest BCUT2D eigenvalue weighted by molar-refractivity contribution is 0.0506. The molecule has 1 heterocycles. The summed E-state index contributed by atoms with van der Waals surface area (Å²) >= 11 is 0. The minimum atomic E-state index is -0.788. The molecular weight excluding hydrogens is 290 g/mol. The highest BCUT2D eigenvalue weighted by atomic mass is 32.2. The maximum Gasteiger partial charge on any atom is 0.408 e. The molecule has 1 amide bonds. The zero-order valence-electron chi connectivity index (χ0n) is 13.4. The summed E-state index contributed by atoms with van der Waals surface area (Å²) in [7, 11) is -0.788. The van der Waals surface area contributed by atoms with Crippen molar-refractivity contribution in [1.82, 2.24) is 14.9 Å². The van der Waals surface area contributed by atoms with E-state index in [1.54, 1.807) is 18.8 Å². The van der Waals surface area contributed by atoms with E-state index in [1.807, 2.05) is 32.3 Å². The number of alkyl carbamates (subject to hydrolysis) is 1. The first kappa shape index (κ1) is 17.7. The molecule has 6 nitrogen and oxygen atoms in total. The molecule has 120 valence electrons. The van der Waals surface area contributed by atoms with Crippen molar-refractivity contribution in [3.8, 4) is 0 Å². The minimum Gasteiger partial charge on any atom is -0.444 e. The van der Waals surface area contributed by atoms with Crippen LogP contribution in [0.1, 0.15) is 45.9 Å². The maximum absolute atomic E-state index is 11.8. The zero-order chi connectivity index (χ0) is 16.0. The molecule has 0 saturated carbocycles. The van der Waals surface area contributed by atoms with Crippen LogP contribution < -0.4 is 5.32 Å². The zero-order valence-corrected chi connectivity index (χ0v) is 14.2.